The van der Waals surface area contributed by atoms with Crippen LogP contribution in [-0.4, -0.2) is 51.1 Å². The minimum Gasteiger partial charge on any atom is -0.356 e. The second kappa shape index (κ2) is 4.64. The van der Waals surface area contributed by atoms with Crippen LogP contribution in [0, 0.1) is 5.41 Å². The summed E-state index contributed by atoms with van der Waals surface area (Å²) in [6.45, 7) is 8.42. The molecule has 0 unspecified atom stereocenters. The summed E-state index contributed by atoms with van der Waals surface area (Å²) in [7, 11) is 4.21. The molecular weight excluding hydrogens is 176 g/mol. The Kier molecular flexibility index (Phi) is 3.75. The van der Waals surface area contributed by atoms with E-state index in [0.717, 1.165) is 32.1 Å². The minimum absolute atomic E-state index is 0.274. The van der Waals surface area contributed by atoms with Gasteiger partial charge in [-0.25, -0.2) is 0 Å². The van der Waals surface area contributed by atoms with Crippen LogP contribution in [0.25, 0.3) is 0 Å². The maximum atomic E-state index is 4.30. The summed E-state index contributed by atoms with van der Waals surface area (Å²) in [6, 6.07) is 0. The first kappa shape index (κ1) is 11.3. The Balaban J connectivity index is 2.27. The fourth-order valence-electron chi connectivity index (χ4n) is 1.75. The first-order valence-corrected chi connectivity index (χ1v) is 5.16. The standard InChI is InChI=1S/C10H22N4/c1-10(2,8-14(3)4)7-13-9-11-5-6-12-9/h5-8H2,1-4H3,(H2,11,12,13). The first-order chi connectivity index (χ1) is 6.49. The van der Waals surface area contributed by atoms with E-state index in [1.165, 1.54) is 0 Å². The third kappa shape index (κ3) is 3.96. The smallest absolute Gasteiger partial charge is 0.191 e. The maximum absolute atomic E-state index is 4.30. The van der Waals surface area contributed by atoms with Gasteiger partial charge in [0.15, 0.2) is 5.96 Å². The molecule has 0 saturated heterocycles. The Hall–Kier alpha value is -0.770. The van der Waals surface area contributed by atoms with Gasteiger partial charge in [-0.3, -0.25) is 4.99 Å². The zero-order chi connectivity index (χ0) is 10.6. The zero-order valence-electron chi connectivity index (χ0n) is 9.72. The van der Waals surface area contributed by atoms with Crippen molar-refractivity contribution in [2.75, 3.05) is 40.3 Å². The molecule has 1 rings (SSSR count). The zero-order valence-corrected chi connectivity index (χ0v) is 9.72. The number of nitrogens with one attached hydrogen (secondary N) is 2. The van der Waals surface area contributed by atoms with E-state index in [1.54, 1.807) is 0 Å². The van der Waals surface area contributed by atoms with Crippen LogP contribution in [0.2, 0.25) is 0 Å². The fourth-order valence-corrected chi connectivity index (χ4v) is 1.75. The molecule has 0 radical (unpaired) electrons. The lowest BCUT2D eigenvalue weighted by atomic mass is 9.93. The first-order valence-electron chi connectivity index (χ1n) is 5.16. The Morgan fingerprint density at radius 1 is 1.50 bits per heavy atom. The van der Waals surface area contributed by atoms with Gasteiger partial charge in [-0.05, 0) is 19.5 Å². The molecule has 0 aromatic carbocycles. The van der Waals surface area contributed by atoms with Crippen LogP contribution in [0.5, 0.6) is 0 Å². The van der Waals surface area contributed by atoms with Crippen LogP contribution in [0.3, 0.4) is 0 Å². The van der Waals surface area contributed by atoms with Gasteiger partial charge in [-0.15, -0.1) is 0 Å². The van der Waals surface area contributed by atoms with Crippen molar-refractivity contribution in [3.05, 3.63) is 0 Å². The van der Waals surface area contributed by atoms with Gasteiger partial charge in [0.2, 0.25) is 0 Å². The maximum Gasteiger partial charge on any atom is 0.191 e. The molecule has 0 spiro atoms. The minimum atomic E-state index is 0.274. The Morgan fingerprint density at radius 2 is 2.21 bits per heavy atom. The molecule has 82 valence electrons. The Morgan fingerprint density at radius 3 is 2.71 bits per heavy atom. The highest BCUT2D eigenvalue weighted by Gasteiger charge is 2.19. The molecule has 0 atom stereocenters. The average Bonchev–Trinajstić information content (AvgIpc) is 2.50. The van der Waals surface area contributed by atoms with Gasteiger partial charge >= 0.3 is 0 Å². The lowest BCUT2D eigenvalue weighted by Gasteiger charge is -2.28. The van der Waals surface area contributed by atoms with Crippen LogP contribution >= 0.6 is 0 Å². The van der Waals surface area contributed by atoms with Crippen molar-refractivity contribution in [1.29, 1.82) is 0 Å². The van der Waals surface area contributed by atoms with E-state index >= 15 is 0 Å². The molecule has 4 heteroatoms. The molecule has 4 nitrogen and oxygen atoms in total. The molecule has 0 amide bonds. The monoisotopic (exact) mass is 198 g/mol. The van der Waals surface area contributed by atoms with Crippen LogP contribution in [0.15, 0.2) is 4.99 Å². The lowest BCUT2D eigenvalue weighted by molar-refractivity contribution is 0.241. The number of rotatable bonds is 4. The summed E-state index contributed by atoms with van der Waals surface area (Å²) in [5.41, 5.74) is 0.274. The SMILES string of the molecule is CN(C)CC(C)(C)CNC1=NCCN1. The number of aliphatic imine (C=N–C) groups is 1. The van der Waals surface area contributed by atoms with Crippen molar-refractivity contribution in [2.45, 2.75) is 13.8 Å². The molecule has 2 N–H and O–H groups in total. The highest BCUT2D eigenvalue weighted by molar-refractivity contribution is 5.81. The van der Waals surface area contributed by atoms with Crippen molar-refractivity contribution < 1.29 is 0 Å². The molecular formula is C10H22N4. The molecule has 1 heterocycles. The van der Waals surface area contributed by atoms with Gasteiger partial charge in [-0.2, -0.15) is 0 Å². The molecule has 14 heavy (non-hydrogen) atoms. The second-order valence-electron chi connectivity index (χ2n) is 4.91. The highest BCUT2D eigenvalue weighted by atomic mass is 15.2. The van der Waals surface area contributed by atoms with Gasteiger partial charge in [0.05, 0.1) is 6.54 Å². The van der Waals surface area contributed by atoms with Crippen molar-refractivity contribution in [1.82, 2.24) is 15.5 Å². The summed E-state index contributed by atoms with van der Waals surface area (Å²) in [5, 5.41) is 6.55. The average molecular weight is 198 g/mol. The third-order valence-corrected chi connectivity index (χ3v) is 2.15. The Bertz CT molecular complexity index is 208. The summed E-state index contributed by atoms with van der Waals surface area (Å²) in [5.74, 6) is 0.955. The topological polar surface area (TPSA) is 39.7 Å². The van der Waals surface area contributed by atoms with E-state index in [4.69, 9.17) is 0 Å². The predicted octanol–water partition coefficient (Wildman–Crippen LogP) is 0.123. The van der Waals surface area contributed by atoms with E-state index in [-0.39, 0.29) is 5.41 Å². The molecule has 0 aliphatic carbocycles. The van der Waals surface area contributed by atoms with Crippen molar-refractivity contribution in [3.63, 3.8) is 0 Å². The Labute approximate surface area is 86.8 Å². The van der Waals surface area contributed by atoms with Crippen LogP contribution < -0.4 is 10.6 Å². The number of nitrogens with zero attached hydrogens (tertiary/aromatic N) is 2. The van der Waals surface area contributed by atoms with E-state index in [1.807, 2.05) is 0 Å². The third-order valence-electron chi connectivity index (χ3n) is 2.15. The molecule has 0 bridgehead atoms. The van der Waals surface area contributed by atoms with Gasteiger partial charge in [0.1, 0.15) is 0 Å². The molecule has 0 aromatic rings. The number of guanidine groups is 1. The van der Waals surface area contributed by atoms with Crippen molar-refractivity contribution in [2.24, 2.45) is 10.4 Å². The van der Waals surface area contributed by atoms with E-state index < -0.39 is 0 Å². The fraction of sp³-hybridized carbons (Fsp3) is 0.900. The van der Waals surface area contributed by atoms with Gasteiger partial charge < -0.3 is 15.5 Å². The largest absolute Gasteiger partial charge is 0.356 e. The number of hydrogen-bond donors (Lipinski definition) is 2. The summed E-state index contributed by atoms with van der Waals surface area (Å²) in [4.78, 5) is 6.51. The van der Waals surface area contributed by atoms with Crippen molar-refractivity contribution >= 4 is 5.96 Å². The van der Waals surface area contributed by atoms with Gasteiger partial charge in [0.25, 0.3) is 0 Å². The molecule has 1 aliphatic heterocycles. The van der Waals surface area contributed by atoms with Gasteiger partial charge in [-0.1, -0.05) is 13.8 Å². The van der Waals surface area contributed by atoms with E-state index in [9.17, 15) is 0 Å². The predicted molar refractivity (Wildman–Crippen MR) is 60.6 cm³/mol. The summed E-state index contributed by atoms with van der Waals surface area (Å²) >= 11 is 0. The summed E-state index contributed by atoms with van der Waals surface area (Å²) < 4.78 is 0. The quantitative estimate of drug-likeness (QED) is 0.674. The van der Waals surface area contributed by atoms with Crippen LogP contribution in [0.1, 0.15) is 13.8 Å². The van der Waals surface area contributed by atoms with Crippen LogP contribution in [0.4, 0.5) is 0 Å². The normalized spacial score (nSPS) is 16.8. The highest BCUT2D eigenvalue weighted by Crippen LogP contribution is 2.13. The van der Waals surface area contributed by atoms with E-state index in [0.29, 0.717) is 0 Å². The number of hydrogen-bond acceptors (Lipinski definition) is 4. The van der Waals surface area contributed by atoms with Crippen molar-refractivity contribution in [3.8, 4) is 0 Å². The molecule has 0 saturated carbocycles. The molecule has 0 fully saturated rings. The lowest BCUT2D eigenvalue weighted by Crippen LogP contribution is -2.43. The molecule has 0 aromatic heterocycles. The van der Waals surface area contributed by atoms with Crippen LogP contribution in [-0.2, 0) is 0 Å². The second-order valence-corrected chi connectivity index (χ2v) is 4.91. The summed E-state index contributed by atoms with van der Waals surface area (Å²) in [6.07, 6.45) is 0. The molecule has 1 aliphatic rings. The van der Waals surface area contributed by atoms with E-state index in [2.05, 4.69) is 48.5 Å². The van der Waals surface area contributed by atoms with Gasteiger partial charge in [0, 0.05) is 19.6 Å².